The van der Waals surface area contributed by atoms with Crippen molar-refractivity contribution in [3.63, 3.8) is 0 Å². The second-order valence-electron chi connectivity index (χ2n) is 10.7. The lowest BCUT2D eigenvalue weighted by atomic mass is 9.85. The van der Waals surface area contributed by atoms with Crippen LogP contribution in [0.3, 0.4) is 0 Å². The number of carbonyl (C=O) groups excluding carboxylic acids is 2. The molecule has 0 saturated carbocycles. The summed E-state index contributed by atoms with van der Waals surface area (Å²) in [6.45, 7) is 7.74. The summed E-state index contributed by atoms with van der Waals surface area (Å²) < 4.78 is 36.5. The van der Waals surface area contributed by atoms with E-state index in [0.29, 0.717) is 12.0 Å². The van der Waals surface area contributed by atoms with Gasteiger partial charge in [0, 0.05) is 10.8 Å². The maximum Gasteiger partial charge on any atom is 0.338 e. The van der Waals surface area contributed by atoms with Crippen molar-refractivity contribution in [3.05, 3.63) is 82.2 Å². The summed E-state index contributed by atoms with van der Waals surface area (Å²) in [7, 11) is 1.28. The molecule has 2 saturated heterocycles. The summed E-state index contributed by atoms with van der Waals surface area (Å²) >= 11 is 0. The van der Waals surface area contributed by atoms with Crippen LogP contribution in [0.25, 0.3) is 10.4 Å². The summed E-state index contributed by atoms with van der Waals surface area (Å²) in [6.07, 6.45) is -4.83. The zero-order chi connectivity index (χ0) is 30.2. The van der Waals surface area contributed by atoms with Gasteiger partial charge in [0.25, 0.3) is 0 Å². The molecule has 11 nitrogen and oxygen atoms in total. The predicted octanol–water partition coefficient (Wildman–Crippen LogP) is 5.23. The Morgan fingerprint density at radius 3 is 2.21 bits per heavy atom. The highest BCUT2D eigenvalue weighted by Gasteiger charge is 2.53. The van der Waals surface area contributed by atoms with Gasteiger partial charge in [0.05, 0.1) is 43.6 Å². The van der Waals surface area contributed by atoms with E-state index in [0.717, 1.165) is 5.56 Å². The molecule has 2 aromatic carbocycles. The Hall–Kier alpha value is -3.47. The zero-order valence-corrected chi connectivity index (χ0v) is 24.6. The summed E-state index contributed by atoms with van der Waals surface area (Å²) in [5.74, 6) is -2.02. The third-order valence-electron chi connectivity index (χ3n) is 8.01. The van der Waals surface area contributed by atoms with Gasteiger partial charge in [-0.2, -0.15) is 0 Å². The maximum absolute atomic E-state index is 13.4. The van der Waals surface area contributed by atoms with Crippen LogP contribution < -0.4 is 0 Å². The quantitative estimate of drug-likeness (QED) is 0.161. The largest absolute Gasteiger partial charge is 0.467 e. The molecule has 0 N–H and O–H groups in total. The zero-order valence-electron chi connectivity index (χ0n) is 24.6. The van der Waals surface area contributed by atoms with Crippen LogP contribution >= 0.6 is 0 Å². The average molecular weight is 582 g/mol. The molecule has 0 aliphatic carbocycles. The SMILES string of the molecule is CCC1O[C@@H](C)C(N=[N+]=[N-])[C@@H](C)[C@@H]1O[C@@H]1OC(C(=O)OC)[C@@H](C)[C@@H](OCc2ccccc2)C1OC(=O)c1ccccc1. The van der Waals surface area contributed by atoms with Gasteiger partial charge in [-0.3, -0.25) is 0 Å². The van der Waals surface area contributed by atoms with Gasteiger partial charge in [-0.15, -0.1) is 0 Å². The topological polar surface area (TPSA) is 138 Å². The Bertz CT molecular complexity index is 1230. The molecule has 0 amide bonds. The van der Waals surface area contributed by atoms with E-state index in [1.807, 2.05) is 51.1 Å². The first-order valence-electron chi connectivity index (χ1n) is 14.3. The van der Waals surface area contributed by atoms with E-state index in [9.17, 15) is 15.1 Å². The fraction of sp³-hybridized carbons (Fsp3) is 0.548. The van der Waals surface area contributed by atoms with E-state index in [1.54, 1.807) is 37.3 Å². The van der Waals surface area contributed by atoms with E-state index >= 15 is 0 Å². The van der Waals surface area contributed by atoms with E-state index < -0.39 is 54.6 Å². The van der Waals surface area contributed by atoms with E-state index in [1.165, 1.54) is 7.11 Å². The molecule has 2 fully saturated rings. The van der Waals surface area contributed by atoms with Crippen molar-refractivity contribution in [2.45, 2.75) is 89.7 Å². The van der Waals surface area contributed by atoms with Crippen LogP contribution in [0.1, 0.15) is 50.0 Å². The lowest BCUT2D eigenvalue weighted by molar-refractivity contribution is -0.319. The number of rotatable bonds is 10. The second kappa shape index (κ2) is 14.6. The van der Waals surface area contributed by atoms with Crippen LogP contribution in [0.15, 0.2) is 65.8 Å². The summed E-state index contributed by atoms with van der Waals surface area (Å²) in [4.78, 5) is 29.3. The highest BCUT2D eigenvalue weighted by molar-refractivity contribution is 5.89. The molecule has 2 aromatic rings. The molecule has 4 rings (SSSR count). The van der Waals surface area contributed by atoms with E-state index in [2.05, 4.69) is 10.0 Å². The van der Waals surface area contributed by atoms with Gasteiger partial charge in [-0.05, 0) is 42.5 Å². The Kier molecular flexibility index (Phi) is 11.0. The third-order valence-corrected chi connectivity index (χ3v) is 8.01. The van der Waals surface area contributed by atoms with Crippen molar-refractivity contribution in [3.8, 4) is 0 Å². The first-order chi connectivity index (χ1) is 20.3. The number of esters is 2. The minimum atomic E-state index is -1.22. The minimum Gasteiger partial charge on any atom is -0.467 e. The van der Waals surface area contributed by atoms with E-state index in [4.69, 9.17) is 28.4 Å². The molecule has 0 aromatic heterocycles. The van der Waals surface area contributed by atoms with Crippen LogP contribution in [-0.2, 0) is 39.8 Å². The molecule has 2 aliphatic rings. The van der Waals surface area contributed by atoms with Crippen LogP contribution in [0.2, 0.25) is 0 Å². The van der Waals surface area contributed by atoms with Gasteiger partial charge < -0.3 is 28.4 Å². The van der Waals surface area contributed by atoms with E-state index in [-0.39, 0.29) is 24.7 Å². The molecule has 42 heavy (non-hydrogen) atoms. The number of ether oxygens (including phenoxy) is 6. The fourth-order valence-corrected chi connectivity index (χ4v) is 5.72. The lowest BCUT2D eigenvalue weighted by Crippen LogP contribution is -2.62. The number of hydrogen-bond acceptors (Lipinski definition) is 9. The molecule has 0 bridgehead atoms. The minimum absolute atomic E-state index is 0.201. The predicted molar refractivity (Wildman–Crippen MR) is 152 cm³/mol. The van der Waals surface area contributed by atoms with Gasteiger partial charge in [-0.1, -0.05) is 74.4 Å². The van der Waals surface area contributed by atoms with Gasteiger partial charge in [0.2, 0.25) is 0 Å². The highest BCUT2D eigenvalue weighted by atomic mass is 16.7. The van der Waals surface area contributed by atoms with Crippen LogP contribution in [-0.4, -0.2) is 68.0 Å². The number of nitrogens with zero attached hydrogens (tertiary/aromatic N) is 3. The second-order valence-corrected chi connectivity index (χ2v) is 10.7. The Balaban J connectivity index is 1.70. The summed E-state index contributed by atoms with van der Waals surface area (Å²) in [6, 6.07) is 17.6. The van der Waals surface area contributed by atoms with Gasteiger partial charge in [0.15, 0.2) is 18.5 Å². The molecule has 4 unspecified atom stereocenters. The standard InChI is InChI=1S/C31H39N3O8/c1-6-23-25(18(2)24(33-34-32)20(4)39-23)41-31-28(40-29(35)22-15-11-8-12-16-22)26(19(3)27(42-31)30(36)37-5)38-17-21-13-9-7-10-14-21/h7-16,18-20,23-28,31H,6,17H2,1-5H3/t18-,19+,20+,23?,24?,25+,26-,27?,28?,31-/m1/s1. The van der Waals surface area contributed by atoms with Crippen LogP contribution in [0, 0.1) is 11.8 Å². The Labute approximate surface area is 246 Å². The Morgan fingerprint density at radius 2 is 1.60 bits per heavy atom. The molecular formula is C31H39N3O8. The number of benzene rings is 2. The molecule has 11 heteroatoms. The van der Waals surface area contributed by atoms with Crippen molar-refractivity contribution < 1.29 is 38.0 Å². The van der Waals surface area contributed by atoms with Crippen LogP contribution in [0.5, 0.6) is 0 Å². The third kappa shape index (κ3) is 7.11. The smallest absolute Gasteiger partial charge is 0.338 e. The lowest BCUT2D eigenvalue weighted by Gasteiger charge is -2.48. The number of carbonyl (C=O) groups is 2. The molecule has 2 aliphatic heterocycles. The molecule has 0 spiro atoms. The van der Waals surface area contributed by atoms with Crippen molar-refractivity contribution in [1.29, 1.82) is 0 Å². The summed E-state index contributed by atoms with van der Waals surface area (Å²) in [5.41, 5.74) is 10.4. The highest BCUT2D eigenvalue weighted by Crippen LogP contribution is 2.38. The monoisotopic (exact) mass is 581 g/mol. The number of azide groups is 1. The molecule has 10 atom stereocenters. The number of methoxy groups -OCH3 is 1. The van der Waals surface area contributed by atoms with Crippen molar-refractivity contribution in [2.75, 3.05) is 7.11 Å². The molecule has 2 heterocycles. The van der Waals surface area contributed by atoms with Crippen LogP contribution in [0.4, 0.5) is 0 Å². The van der Waals surface area contributed by atoms with Crippen molar-refractivity contribution >= 4 is 11.9 Å². The molecular weight excluding hydrogens is 542 g/mol. The summed E-state index contributed by atoms with van der Waals surface area (Å²) in [5, 5.41) is 3.96. The first-order valence-corrected chi connectivity index (χ1v) is 14.3. The van der Waals surface area contributed by atoms with Crippen molar-refractivity contribution in [2.24, 2.45) is 17.0 Å². The average Bonchev–Trinajstić information content (AvgIpc) is 3.01. The van der Waals surface area contributed by atoms with Gasteiger partial charge in [0.1, 0.15) is 6.10 Å². The maximum atomic E-state index is 13.4. The van der Waals surface area contributed by atoms with Crippen molar-refractivity contribution in [1.82, 2.24) is 0 Å². The first kappa shape index (κ1) is 31.5. The molecule has 0 radical (unpaired) electrons. The fourth-order valence-electron chi connectivity index (χ4n) is 5.72. The normalized spacial score (nSPS) is 32.8. The van der Waals surface area contributed by atoms with Gasteiger partial charge >= 0.3 is 11.9 Å². The molecule has 226 valence electrons. The number of hydrogen-bond donors (Lipinski definition) is 0. The Morgan fingerprint density at radius 1 is 0.929 bits per heavy atom. The van der Waals surface area contributed by atoms with Gasteiger partial charge in [-0.25, -0.2) is 9.59 Å².